The lowest BCUT2D eigenvalue weighted by Crippen LogP contribution is -2.24. The van der Waals surface area contributed by atoms with Crippen LogP contribution in [-0.4, -0.2) is 21.5 Å². The molecule has 0 aliphatic rings. The highest BCUT2D eigenvalue weighted by Crippen LogP contribution is 2.25. The van der Waals surface area contributed by atoms with Crippen LogP contribution in [-0.2, 0) is 5.41 Å². The Labute approximate surface area is 107 Å². The standard InChI is InChI=1S/C14H18N4/c1-14(2,6-7-15)13-17-9-5-12(18-13)11-4-3-8-16-10-11/h3-5,8-10H,6-7,15H2,1-2H3. The fourth-order valence-corrected chi connectivity index (χ4v) is 1.83. The maximum absolute atomic E-state index is 5.64. The van der Waals surface area contributed by atoms with Crippen LogP contribution in [0, 0.1) is 0 Å². The van der Waals surface area contributed by atoms with E-state index in [1.165, 1.54) is 0 Å². The van der Waals surface area contributed by atoms with Crippen LogP contribution in [0.5, 0.6) is 0 Å². The molecule has 2 heterocycles. The molecular formula is C14H18N4. The van der Waals surface area contributed by atoms with Gasteiger partial charge < -0.3 is 5.73 Å². The summed E-state index contributed by atoms with van der Waals surface area (Å²) in [7, 11) is 0. The van der Waals surface area contributed by atoms with Gasteiger partial charge in [0.25, 0.3) is 0 Å². The molecule has 0 aromatic carbocycles. The quantitative estimate of drug-likeness (QED) is 0.892. The third kappa shape index (κ3) is 2.71. The smallest absolute Gasteiger partial charge is 0.134 e. The van der Waals surface area contributed by atoms with E-state index in [9.17, 15) is 0 Å². The van der Waals surface area contributed by atoms with Crippen LogP contribution in [0.15, 0.2) is 36.8 Å². The van der Waals surface area contributed by atoms with Crippen LogP contribution >= 0.6 is 0 Å². The van der Waals surface area contributed by atoms with E-state index in [4.69, 9.17) is 5.73 Å². The van der Waals surface area contributed by atoms with Gasteiger partial charge in [-0.3, -0.25) is 4.98 Å². The first-order valence-corrected chi connectivity index (χ1v) is 6.07. The van der Waals surface area contributed by atoms with Gasteiger partial charge in [0.15, 0.2) is 0 Å². The summed E-state index contributed by atoms with van der Waals surface area (Å²) in [5.41, 5.74) is 7.44. The number of nitrogens with zero attached hydrogens (tertiary/aromatic N) is 3. The molecule has 0 radical (unpaired) electrons. The van der Waals surface area contributed by atoms with Gasteiger partial charge in [0.2, 0.25) is 0 Å². The molecule has 0 fully saturated rings. The highest BCUT2D eigenvalue weighted by atomic mass is 14.9. The molecular weight excluding hydrogens is 224 g/mol. The molecule has 0 saturated carbocycles. The molecule has 4 nitrogen and oxygen atoms in total. The van der Waals surface area contributed by atoms with Gasteiger partial charge in [0.1, 0.15) is 5.82 Å². The molecule has 0 aliphatic heterocycles. The summed E-state index contributed by atoms with van der Waals surface area (Å²) in [4.78, 5) is 13.1. The predicted octanol–water partition coefficient (Wildman–Crippen LogP) is 2.17. The molecule has 4 heteroatoms. The zero-order valence-corrected chi connectivity index (χ0v) is 10.8. The first-order valence-electron chi connectivity index (χ1n) is 6.07. The van der Waals surface area contributed by atoms with Crippen molar-refractivity contribution in [2.75, 3.05) is 6.54 Å². The van der Waals surface area contributed by atoms with E-state index in [1.807, 2.05) is 24.4 Å². The third-order valence-electron chi connectivity index (χ3n) is 2.99. The first kappa shape index (κ1) is 12.6. The number of nitrogens with two attached hydrogens (primary N) is 1. The highest BCUT2D eigenvalue weighted by molar-refractivity contribution is 5.57. The van der Waals surface area contributed by atoms with Crippen molar-refractivity contribution in [3.8, 4) is 11.3 Å². The van der Waals surface area contributed by atoms with Crippen molar-refractivity contribution >= 4 is 0 Å². The summed E-state index contributed by atoms with van der Waals surface area (Å²) in [5, 5.41) is 0. The lowest BCUT2D eigenvalue weighted by atomic mass is 9.88. The van der Waals surface area contributed by atoms with Crippen molar-refractivity contribution in [1.29, 1.82) is 0 Å². The highest BCUT2D eigenvalue weighted by Gasteiger charge is 2.23. The average Bonchev–Trinajstić information content (AvgIpc) is 2.40. The van der Waals surface area contributed by atoms with Crippen LogP contribution in [0.25, 0.3) is 11.3 Å². The molecule has 18 heavy (non-hydrogen) atoms. The predicted molar refractivity (Wildman–Crippen MR) is 72.0 cm³/mol. The zero-order chi connectivity index (χ0) is 13.0. The summed E-state index contributed by atoms with van der Waals surface area (Å²) in [6.07, 6.45) is 6.22. The minimum atomic E-state index is -0.104. The topological polar surface area (TPSA) is 64.7 Å². The Hall–Kier alpha value is -1.81. The summed E-state index contributed by atoms with van der Waals surface area (Å²) in [6.45, 7) is 4.86. The van der Waals surface area contributed by atoms with Crippen molar-refractivity contribution in [2.45, 2.75) is 25.7 Å². The molecule has 0 atom stereocenters. The fraction of sp³-hybridized carbons (Fsp3) is 0.357. The molecule has 0 aliphatic carbocycles. The van der Waals surface area contributed by atoms with E-state index in [0.29, 0.717) is 6.54 Å². The molecule has 2 aromatic rings. The van der Waals surface area contributed by atoms with E-state index in [2.05, 4.69) is 28.8 Å². The molecule has 94 valence electrons. The molecule has 0 bridgehead atoms. The lowest BCUT2D eigenvalue weighted by Gasteiger charge is -2.22. The SMILES string of the molecule is CC(C)(CCN)c1nccc(-c2cccnc2)n1. The minimum absolute atomic E-state index is 0.104. The van der Waals surface area contributed by atoms with Crippen molar-refractivity contribution in [2.24, 2.45) is 5.73 Å². The summed E-state index contributed by atoms with van der Waals surface area (Å²) in [6, 6.07) is 5.80. The molecule has 0 saturated heterocycles. The molecule has 2 N–H and O–H groups in total. The summed E-state index contributed by atoms with van der Waals surface area (Å²) in [5.74, 6) is 0.828. The molecule has 0 spiro atoms. The van der Waals surface area contributed by atoms with E-state index in [1.54, 1.807) is 12.4 Å². The Bertz CT molecular complexity index is 508. The maximum atomic E-state index is 5.64. The second-order valence-electron chi connectivity index (χ2n) is 4.93. The van der Waals surface area contributed by atoms with Crippen molar-refractivity contribution < 1.29 is 0 Å². The molecule has 2 rings (SSSR count). The number of rotatable bonds is 4. The van der Waals surface area contributed by atoms with Gasteiger partial charge in [0, 0.05) is 29.6 Å². The Morgan fingerprint density at radius 2 is 2.06 bits per heavy atom. The maximum Gasteiger partial charge on any atom is 0.134 e. The first-order chi connectivity index (χ1) is 8.63. The van der Waals surface area contributed by atoms with E-state index in [-0.39, 0.29) is 5.41 Å². The van der Waals surface area contributed by atoms with Crippen molar-refractivity contribution in [3.05, 3.63) is 42.6 Å². The second-order valence-corrected chi connectivity index (χ2v) is 4.93. The normalized spacial score (nSPS) is 11.5. The largest absolute Gasteiger partial charge is 0.330 e. The minimum Gasteiger partial charge on any atom is -0.330 e. The van der Waals surface area contributed by atoms with Gasteiger partial charge in [-0.15, -0.1) is 0 Å². The van der Waals surface area contributed by atoms with Gasteiger partial charge in [-0.05, 0) is 31.2 Å². The van der Waals surface area contributed by atoms with E-state index >= 15 is 0 Å². The van der Waals surface area contributed by atoms with Gasteiger partial charge in [-0.25, -0.2) is 9.97 Å². The third-order valence-corrected chi connectivity index (χ3v) is 2.99. The molecule has 2 aromatic heterocycles. The molecule has 0 amide bonds. The van der Waals surface area contributed by atoms with Gasteiger partial charge in [-0.2, -0.15) is 0 Å². The number of hydrogen-bond acceptors (Lipinski definition) is 4. The zero-order valence-electron chi connectivity index (χ0n) is 10.8. The summed E-state index contributed by atoms with van der Waals surface area (Å²) < 4.78 is 0. The number of pyridine rings is 1. The summed E-state index contributed by atoms with van der Waals surface area (Å²) >= 11 is 0. The van der Waals surface area contributed by atoms with Crippen LogP contribution in [0.3, 0.4) is 0 Å². The van der Waals surface area contributed by atoms with Gasteiger partial charge >= 0.3 is 0 Å². The Morgan fingerprint density at radius 3 is 2.72 bits per heavy atom. The van der Waals surface area contributed by atoms with Crippen LogP contribution in [0.2, 0.25) is 0 Å². The van der Waals surface area contributed by atoms with Crippen molar-refractivity contribution in [3.63, 3.8) is 0 Å². The fourth-order valence-electron chi connectivity index (χ4n) is 1.83. The molecule has 0 unspecified atom stereocenters. The second kappa shape index (κ2) is 5.23. The number of aromatic nitrogens is 3. The van der Waals surface area contributed by atoms with Gasteiger partial charge in [-0.1, -0.05) is 13.8 Å². The van der Waals surface area contributed by atoms with Crippen molar-refractivity contribution in [1.82, 2.24) is 15.0 Å². The Kier molecular flexibility index (Phi) is 3.67. The van der Waals surface area contributed by atoms with E-state index in [0.717, 1.165) is 23.5 Å². The van der Waals surface area contributed by atoms with Gasteiger partial charge in [0.05, 0.1) is 5.69 Å². The van der Waals surface area contributed by atoms with Crippen LogP contribution in [0.4, 0.5) is 0 Å². The average molecular weight is 242 g/mol. The number of hydrogen-bond donors (Lipinski definition) is 1. The van der Waals surface area contributed by atoms with E-state index < -0.39 is 0 Å². The monoisotopic (exact) mass is 242 g/mol. The van der Waals surface area contributed by atoms with Crippen LogP contribution < -0.4 is 5.73 Å². The Morgan fingerprint density at radius 1 is 1.22 bits per heavy atom. The Balaban J connectivity index is 2.37. The lowest BCUT2D eigenvalue weighted by molar-refractivity contribution is 0.457. The van der Waals surface area contributed by atoms with Crippen LogP contribution in [0.1, 0.15) is 26.1 Å².